The molecule has 0 spiro atoms. The SMILES string of the molecule is C[C@H]1CCCC[C@H]1NC(=S)NNC(=O)c1cc2c(s1)CCCCC2. The van der Waals surface area contributed by atoms with Crippen molar-refractivity contribution in [2.45, 2.75) is 70.8 Å². The van der Waals surface area contributed by atoms with Crippen LogP contribution in [0.4, 0.5) is 0 Å². The van der Waals surface area contributed by atoms with Crippen LogP contribution in [0.5, 0.6) is 0 Å². The van der Waals surface area contributed by atoms with Crippen LogP contribution in [-0.2, 0) is 12.8 Å². The van der Waals surface area contributed by atoms with Gasteiger partial charge < -0.3 is 5.32 Å². The van der Waals surface area contributed by atoms with Gasteiger partial charge in [0.15, 0.2) is 5.11 Å². The topological polar surface area (TPSA) is 53.2 Å². The minimum Gasteiger partial charge on any atom is -0.358 e. The summed E-state index contributed by atoms with van der Waals surface area (Å²) in [4.78, 5) is 14.5. The summed E-state index contributed by atoms with van der Waals surface area (Å²) in [6.45, 7) is 2.26. The maximum Gasteiger partial charge on any atom is 0.279 e. The van der Waals surface area contributed by atoms with Crippen LogP contribution in [0.3, 0.4) is 0 Å². The molecule has 1 heterocycles. The number of aryl methyl sites for hydroxylation is 2. The van der Waals surface area contributed by atoms with Crippen molar-refractivity contribution < 1.29 is 4.79 Å². The van der Waals surface area contributed by atoms with Crippen LogP contribution in [0, 0.1) is 5.92 Å². The first-order valence-corrected chi connectivity index (χ1v) is 10.3. The van der Waals surface area contributed by atoms with Crippen LogP contribution in [0.25, 0.3) is 0 Å². The fraction of sp³-hybridized carbons (Fsp3) is 0.667. The highest BCUT2D eigenvalue weighted by Crippen LogP contribution is 2.28. The summed E-state index contributed by atoms with van der Waals surface area (Å²) >= 11 is 6.96. The highest BCUT2D eigenvalue weighted by Gasteiger charge is 2.22. The number of hydrogen-bond acceptors (Lipinski definition) is 3. The molecule has 2 aliphatic rings. The Kier molecular flexibility index (Phi) is 6.11. The molecule has 3 N–H and O–H groups in total. The third-order valence-corrected chi connectivity index (χ3v) is 6.64. The lowest BCUT2D eigenvalue weighted by Gasteiger charge is -2.30. The van der Waals surface area contributed by atoms with Gasteiger partial charge in [0.25, 0.3) is 5.91 Å². The summed E-state index contributed by atoms with van der Waals surface area (Å²) in [7, 11) is 0. The van der Waals surface area contributed by atoms with E-state index in [4.69, 9.17) is 12.2 Å². The number of rotatable bonds is 2. The van der Waals surface area contributed by atoms with Crippen LogP contribution in [-0.4, -0.2) is 17.1 Å². The van der Waals surface area contributed by atoms with Crippen molar-refractivity contribution in [3.63, 3.8) is 0 Å². The molecule has 1 saturated carbocycles. The van der Waals surface area contributed by atoms with Gasteiger partial charge in [0.1, 0.15) is 0 Å². The lowest BCUT2D eigenvalue weighted by molar-refractivity contribution is 0.0947. The fourth-order valence-electron chi connectivity index (χ4n) is 3.69. The molecule has 0 radical (unpaired) electrons. The molecule has 1 aromatic rings. The molecule has 2 aliphatic carbocycles. The molecule has 1 amide bonds. The molecule has 0 aromatic carbocycles. The number of thiocarbonyl (C=S) groups is 1. The van der Waals surface area contributed by atoms with Gasteiger partial charge in [-0.25, -0.2) is 0 Å². The molecular weight excluding hydrogens is 338 g/mol. The largest absolute Gasteiger partial charge is 0.358 e. The molecule has 6 heteroatoms. The first-order valence-electron chi connectivity index (χ1n) is 9.12. The van der Waals surface area contributed by atoms with Crippen molar-refractivity contribution in [3.05, 3.63) is 21.4 Å². The Bertz CT molecular complexity index is 576. The Balaban J connectivity index is 1.49. The van der Waals surface area contributed by atoms with Crippen LogP contribution in [0.2, 0.25) is 0 Å². The molecule has 0 aliphatic heterocycles. The highest BCUT2D eigenvalue weighted by atomic mass is 32.1. The van der Waals surface area contributed by atoms with Gasteiger partial charge in [0.05, 0.1) is 4.88 Å². The molecule has 0 saturated heterocycles. The van der Waals surface area contributed by atoms with E-state index in [0.717, 1.165) is 24.1 Å². The molecular formula is C18H27N3OS2. The van der Waals surface area contributed by atoms with E-state index in [0.29, 0.717) is 17.1 Å². The molecule has 3 rings (SSSR count). The Morgan fingerprint density at radius 2 is 1.92 bits per heavy atom. The Labute approximate surface area is 153 Å². The normalized spacial score (nSPS) is 23.7. The molecule has 132 valence electrons. The molecule has 1 fully saturated rings. The number of carbonyl (C=O) groups is 1. The van der Waals surface area contributed by atoms with E-state index < -0.39 is 0 Å². The van der Waals surface area contributed by atoms with Gasteiger partial charge in [0.2, 0.25) is 0 Å². The second-order valence-corrected chi connectivity index (χ2v) is 8.59. The predicted octanol–water partition coefficient (Wildman–Crippen LogP) is 3.70. The van der Waals surface area contributed by atoms with Crippen molar-refractivity contribution in [2.75, 3.05) is 0 Å². The van der Waals surface area contributed by atoms with Gasteiger partial charge in [-0.3, -0.25) is 15.6 Å². The van der Waals surface area contributed by atoms with Gasteiger partial charge in [-0.05, 0) is 68.3 Å². The summed E-state index contributed by atoms with van der Waals surface area (Å²) in [5, 5.41) is 3.86. The third kappa shape index (κ3) is 4.48. The minimum absolute atomic E-state index is 0.0890. The lowest BCUT2D eigenvalue weighted by Crippen LogP contribution is -2.51. The summed E-state index contributed by atoms with van der Waals surface area (Å²) in [5.74, 6) is 0.538. The second kappa shape index (κ2) is 8.30. The zero-order chi connectivity index (χ0) is 16.9. The van der Waals surface area contributed by atoms with Gasteiger partial charge in [-0.15, -0.1) is 11.3 Å². The number of carbonyl (C=O) groups excluding carboxylic acids is 1. The quantitative estimate of drug-likeness (QED) is 0.425. The number of fused-ring (bicyclic) bond motifs is 1. The third-order valence-electron chi connectivity index (χ3n) is 5.19. The first-order chi connectivity index (χ1) is 11.6. The zero-order valence-corrected chi connectivity index (χ0v) is 16.0. The van der Waals surface area contributed by atoms with Crippen molar-refractivity contribution in [1.29, 1.82) is 0 Å². The molecule has 24 heavy (non-hydrogen) atoms. The summed E-state index contributed by atoms with van der Waals surface area (Å²) < 4.78 is 0. The predicted molar refractivity (Wildman–Crippen MR) is 103 cm³/mol. The summed E-state index contributed by atoms with van der Waals surface area (Å²) in [6.07, 6.45) is 10.9. The zero-order valence-electron chi connectivity index (χ0n) is 14.3. The number of hydrogen-bond donors (Lipinski definition) is 3. The van der Waals surface area contributed by atoms with E-state index >= 15 is 0 Å². The smallest absolute Gasteiger partial charge is 0.279 e. The van der Waals surface area contributed by atoms with Crippen molar-refractivity contribution in [3.8, 4) is 0 Å². The van der Waals surface area contributed by atoms with Gasteiger partial charge in [-0.2, -0.15) is 0 Å². The lowest BCUT2D eigenvalue weighted by atomic mass is 9.86. The van der Waals surface area contributed by atoms with E-state index in [-0.39, 0.29) is 5.91 Å². The van der Waals surface area contributed by atoms with Crippen LogP contribution < -0.4 is 16.2 Å². The standard InChI is InChI=1S/C18H27N3OS2/c1-12-7-5-6-9-14(12)19-18(23)21-20-17(22)16-11-13-8-3-2-4-10-15(13)24-16/h11-12,14H,2-10H2,1H3,(H,20,22)(H2,19,21,23)/t12-,14+/m0/s1. The summed E-state index contributed by atoms with van der Waals surface area (Å²) in [5.41, 5.74) is 6.98. The molecule has 2 atom stereocenters. The van der Waals surface area contributed by atoms with Crippen molar-refractivity contribution in [2.24, 2.45) is 5.92 Å². The van der Waals surface area contributed by atoms with E-state index in [1.807, 2.05) is 0 Å². The van der Waals surface area contributed by atoms with E-state index in [2.05, 4.69) is 29.2 Å². The Morgan fingerprint density at radius 1 is 1.12 bits per heavy atom. The Hall–Kier alpha value is -1.14. The van der Waals surface area contributed by atoms with Gasteiger partial charge >= 0.3 is 0 Å². The van der Waals surface area contributed by atoms with Crippen LogP contribution in [0.1, 0.15) is 72.0 Å². The number of nitrogens with one attached hydrogen (secondary N) is 3. The van der Waals surface area contributed by atoms with E-state index in [1.54, 1.807) is 11.3 Å². The highest BCUT2D eigenvalue weighted by molar-refractivity contribution is 7.80. The van der Waals surface area contributed by atoms with Crippen LogP contribution >= 0.6 is 23.6 Å². The molecule has 4 nitrogen and oxygen atoms in total. The molecule has 0 bridgehead atoms. The first kappa shape index (κ1) is 17.7. The Morgan fingerprint density at radius 3 is 2.75 bits per heavy atom. The summed E-state index contributed by atoms with van der Waals surface area (Å²) in [6, 6.07) is 2.47. The van der Waals surface area contributed by atoms with E-state index in [9.17, 15) is 4.79 Å². The minimum atomic E-state index is -0.0890. The average Bonchev–Trinajstić information content (AvgIpc) is 2.86. The monoisotopic (exact) mass is 365 g/mol. The number of thiophene rings is 1. The van der Waals surface area contributed by atoms with Gasteiger partial charge in [0, 0.05) is 10.9 Å². The van der Waals surface area contributed by atoms with E-state index in [1.165, 1.54) is 49.0 Å². The fourth-order valence-corrected chi connectivity index (χ4v) is 5.04. The van der Waals surface area contributed by atoms with Crippen molar-refractivity contribution >= 4 is 34.6 Å². The molecule has 1 aromatic heterocycles. The molecule has 0 unspecified atom stereocenters. The second-order valence-electron chi connectivity index (χ2n) is 7.04. The van der Waals surface area contributed by atoms with Crippen LogP contribution in [0.15, 0.2) is 6.07 Å². The maximum atomic E-state index is 12.4. The average molecular weight is 366 g/mol. The van der Waals surface area contributed by atoms with Crippen molar-refractivity contribution in [1.82, 2.24) is 16.2 Å². The number of amides is 1. The van der Waals surface area contributed by atoms with Gasteiger partial charge in [-0.1, -0.05) is 26.2 Å². The maximum absolute atomic E-state index is 12.4. The number of hydrazine groups is 1.